The molecule has 0 aliphatic carbocycles. The van der Waals surface area contributed by atoms with Crippen LogP contribution in [0.5, 0.6) is 0 Å². The van der Waals surface area contributed by atoms with Gasteiger partial charge in [-0.15, -0.1) is 0 Å². The van der Waals surface area contributed by atoms with Crippen LogP contribution in [0, 0.1) is 13.8 Å². The summed E-state index contributed by atoms with van der Waals surface area (Å²) in [7, 11) is 0. The van der Waals surface area contributed by atoms with Crippen molar-refractivity contribution in [1.82, 2.24) is 15.2 Å². The van der Waals surface area contributed by atoms with Gasteiger partial charge >= 0.3 is 0 Å². The average molecular weight is 313 g/mol. The lowest BCUT2D eigenvalue weighted by molar-refractivity contribution is -0.122. The van der Waals surface area contributed by atoms with Gasteiger partial charge in [0.05, 0.1) is 0 Å². The Morgan fingerprint density at radius 1 is 1.04 bits per heavy atom. The number of rotatable bonds is 5. The number of aryl methyl sites for hydroxylation is 2. The van der Waals surface area contributed by atoms with E-state index in [4.69, 9.17) is 0 Å². The summed E-state index contributed by atoms with van der Waals surface area (Å²) in [6, 6.07) is 10.9. The molecule has 0 bridgehead atoms. The lowest BCUT2D eigenvalue weighted by Crippen LogP contribution is -2.44. The minimum absolute atomic E-state index is 0.184. The lowest BCUT2D eigenvalue weighted by Gasteiger charge is -2.14. The minimum atomic E-state index is -0.559. The summed E-state index contributed by atoms with van der Waals surface area (Å²) in [4.78, 5) is 23.9. The van der Waals surface area contributed by atoms with Crippen molar-refractivity contribution in [3.8, 4) is 5.69 Å². The summed E-state index contributed by atoms with van der Waals surface area (Å²) in [6.45, 7) is 8.15. The molecule has 1 heterocycles. The van der Waals surface area contributed by atoms with Crippen LogP contribution in [0.25, 0.3) is 5.69 Å². The van der Waals surface area contributed by atoms with Crippen LogP contribution in [0.1, 0.15) is 35.6 Å². The Kier molecular flexibility index (Phi) is 5.21. The molecule has 1 aromatic heterocycles. The molecule has 2 N–H and O–H groups in total. The highest BCUT2D eigenvalue weighted by Gasteiger charge is 2.15. The van der Waals surface area contributed by atoms with E-state index in [1.165, 1.54) is 0 Å². The Morgan fingerprint density at radius 2 is 1.61 bits per heavy atom. The first-order chi connectivity index (χ1) is 10.9. The molecule has 0 aliphatic rings. The number of amides is 2. The van der Waals surface area contributed by atoms with Crippen LogP contribution in [0.2, 0.25) is 0 Å². The van der Waals surface area contributed by atoms with Gasteiger partial charge in [-0.3, -0.25) is 9.59 Å². The molecule has 2 rings (SSSR count). The second-order valence-corrected chi connectivity index (χ2v) is 5.59. The van der Waals surface area contributed by atoms with Crippen molar-refractivity contribution in [1.29, 1.82) is 0 Å². The van der Waals surface area contributed by atoms with Gasteiger partial charge in [-0.25, -0.2) is 0 Å². The molecular formula is C18H23N3O2. The average Bonchev–Trinajstić information content (AvgIpc) is 2.86. The van der Waals surface area contributed by atoms with Crippen LogP contribution in [-0.2, 0) is 4.79 Å². The van der Waals surface area contributed by atoms with Gasteiger partial charge in [0.1, 0.15) is 6.04 Å². The van der Waals surface area contributed by atoms with Crippen molar-refractivity contribution < 1.29 is 9.59 Å². The number of hydrogen-bond acceptors (Lipinski definition) is 2. The molecule has 23 heavy (non-hydrogen) atoms. The molecule has 122 valence electrons. The van der Waals surface area contributed by atoms with E-state index >= 15 is 0 Å². The van der Waals surface area contributed by atoms with E-state index in [0.29, 0.717) is 12.1 Å². The number of carbonyl (C=O) groups excluding carboxylic acids is 2. The van der Waals surface area contributed by atoms with Crippen LogP contribution in [0.3, 0.4) is 0 Å². The van der Waals surface area contributed by atoms with Gasteiger partial charge < -0.3 is 15.2 Å². The summed E-state index contributed by atoms with van der Waals surface area (Å²) in [5, 5.41) is 5.39. The Hall–Kier alpha value is -2.56. The zero-order valence-corrected chi connectivity index (χ0v) is 14.0. The Morgan fingerprint density at radius 3 is 2.13 bits per heavy atom. The number of benzene rings is 1. The van der Waals surface area contributed by atoms with Crippen molar-refractivity contribution in [2.24, 2.45) is 0 Å². The van der Waals surface area contributed by atoms with Crippen LogP contribution < -0.4 is 10.6 Å². The molecule has 2 amide bonds. The van der Waals surface area contributed by atoms with E-state index < -0.39 is 6.04 Å². The first kappa shape index (κ1) is 16.8. The molecule has 0 spiro atoms. The standard InChI is InChI=1S/C18H23N3O2/c1-5-19-17(22)14(4)20-18(23)15-8-10-16(11-9-15)21-12(2)6-7-13(21)3/h6-11,14H,5H2,1-4H3,(H,19,22)(H,20,23). The number of nitrogens with zero attached hydrogens (tertiary/aromatic N) is 1. The zero-order valence-electron chi connectivity index (χ0n) is 14.0. The number of carbonyl (C=O) groups is 2. The van der Waals surface area contributed by atoms with E-state index in [1.54, 1.807) is 19.1 Å². The normalized spacial score (nSPS) is 11.8. The molecule has 5 nitrogen and oxygen atoms in total. The van der Waals surface area contributed by atoms with Gasteiger partial charge in [0.2, 0.25) is 5.91 Å². The lowest BCUT2D eigenvalue weighted by atomic mass is 10.1. The summed E-state index contributed by atoms with van der Waals surface area (Å²) >= 11 is 0. The summed E-state index contributed by atoms with van der Waals surface area (Å²) in [5.74, 6) is -0.438. The van der Waals surface area contributed by atoms with E-state index in [0.717, 1.165) is 17.1 Å². The Balaban J connectivity index is 2.10. The fourth-order valence-corrected chi connectivity index (χ4v) is 2.51. The summed E-state index contributed by atoms with van der Waals surface area (Å²) in [5.41, 5.74) is 3.83. The Bertz CT molecular complexity index is 682. The van der Waals surface area contributed by atoms with Crippen LogP contribution in [0.15, 0.2) is 36.4 Å². The van der Waals surface area contributed by atoms with E-state index in [-0.39, 0.29) is 11.8 Å². The predicted molar refractivity (Wildman–Crippen MR) is 90.9 cm³/mol. The third-order valence-corrected chi connectivity index (χ3v) is 3.75. The number of aromatic nitrogens is 1. The third-order valence-electron chi connectivity index (χ3n) is 3.75. The van der Waals surface area contributed by atoms with Crippen molar-refractivity contribution in [3.63, 3.8) is 0 Å². The summed E-state index contributed by atoms with van der Waals surface area (Å²) in [6.07, 6.45) is 0. The quantitative estimate of drug-likeness (QED) is 0.890. The van der Waals surface area contributed by atoms with Crippen LogP contribution >= 0.6 is 0 Å². The van der Waals surface area contributed by atoms with Crippen LogP contribution in [0.4, 0.5) is 0 Å². The number of hydrogen-bond donors (Lipinski definition) is 2. The molecular weight excluding hydrogens is 290 g/mol. The van der Waals surface area contributed by atoms with Crippen LogP contribution in [-0.4, -0.2) is 29.0 Å². The number of likely N-dealkylation sites (N-methyl/N-ethyl adjacent to an activating group) is 1. The van der Waals surface area contributed by atoms with Crippen molar-refractivity contribution >= 4 is 11.8 Å². The van der Waals surface area contributed by atoms with Crippen molar-refractivity contribution in [3.05, 3.63) is 53.3 Å². The van der Waals surface area contributed by atoms with Gasteiger partial charge in [-0.05, 0) is 64.1 Å². The monoisotopic (exact) mass is 313 g/mol. The van der Waals surface area contributed by atoms with Gasteiger partial charge in [-0.1, -0.05) is 0 Å². The maximum Gasteiger partial charge on any atom is 0.251 e. The minimum Gasteiger partial charge on any atom is -0.355 e. The molecule has 0 radical (unpaired) electrons. The van der Waals surface area contributed by atoms with Crippen molar-refractivity contribution in [2.45, 2.75) is 33.7 Å². The molecule has 0 fully saturated rings. The molecule has 0 aliphatic heterocycles. The highest BCUT2D eigenvalue weighted by atomic mass is 16.2. The van der Waals surface area contributed by atoms with Crippen molar-refractivity contribution in [2.75, 3.05) is 6.54 Å². The Labute approximate surface area is 136 Å². The molecule has 0 saturated carbocycles. The fraction of sp³-hybridized carbons (Fsp3) is 0.333. The third kappa shape index (κ3) is 3.80. The number of nitrogens with one attached hydrogen (secondary N) is 2. The second kappa shape index (κ2) is 7.13. The highest BCUT2D eigenvalue weighted by molar-refractivity contribution is 5.97. The van der Waals surface area contributed by atoms with E-state index in [9.17, 15) is 9.59 Å². The van der Waals surface area contributed by atoms with Gasteiger partial charge in [-0.2, -0.15) is 0 Å². The topological polar surface area (TPSA) is 63.1 Å². The molecule has 1 unspecified atom stereocenters. The van der Waals surface area contributed by atoms with Gasteiger partial charge in [0, 0.05) is 29.2 Å². The highest BCUT2D eigenvalue weighted by Crippen LogP contribution is 2.16. The summed E-state index contributed by atoms with van der Waals surface area (Å²) < 4.78 is 2.12. The van der Waals surface area contributed by atoms with Gasteiger partial charge in [0.25, 0.3) is 5.91 Å². The first-order valence-corrected chi connectivity index (χ1v) is 7.78. The maximum atomic E-state index is 12.2. The first-order valence-electron chi connectivity index (χ1n) is 7.78. The SMILES string of the molecule is CCNC(=O)C(C)NC(=O)c1ccc(-n2c(C)ccc2C)cc1. The molecule has 2 aromatic rings. The molecule has 5 heteroatoms. The van der Waals surface area contributed by atoms with E-state index in [2.05, 4.69) is 27.3 Å². The van der Waals surface area contributed by atoms with Gasteiger partial charge in [0.15, 0.2) is 0 Å². The fourth-order valence-electron chi connectivity index (χ4n) is 2.51. The molecule has 1 atom stereocenters. The second-order valence-electron chi connectivity index (χ2n) is 5.59. The molecule has 1 aromatic carbocycles. The molecule has 0 saturated heterocycles. The maximum absolute atomic E-state index is 12.2. The van der Waals surface area contributed by atoms with E-state index in [1.807, 2.05) is 32.9 Å². The predicted octanol–water partition coefficient (Wildman–Crippen LogP) is 2.35. The zero-order chi connectivity index (χ0) is 17.0. The largest absolute Gasteiger partial charge is 0.355 e. The smallest absolute Gasteiger partial charge is 0.251 e.